The van der Waals surface area contributed by atoms with Crippen LogP contribution in [-0.2, 0) is 21.5 Å². The van der Waals surface area contributed by atoms with Crippen molar-refractivity contribution >= 4 is 62.3 Å². The summed E-state index contributed by atoms with van der Waals surface area (Å²) in [5, 5.41) is -0.0946. The summed E-state index contributed by atoms with van der Waals surface area (Å²) in [7, 11) is -4.17. The van der Waals surface area contributed by atoms with E-state index in [0.29, 0.717) is 22.3 Å². The van der Waals surface area contributed by atoms with Crippen LogP contribution in [0.1, 0.15) is 18.1 Å². The zero-order valence-electron chi connectivity index (χ0n) is 19.1. The molecule has 3 aromatic carbocycles. The molecule has 1 heterocycles. The molecule has 0 spiro atoms. The number of hydrogen-bond donors (Lipinski definition) is 0. The van der Waals surface area contributed by atoms with E-state index in [-0.39, 0.29) is 45.0 Å². The molecule has 0 N–H and O–H groups in total. The van der Waals surface area contributed by atoms with Gasteiger partial charge in [0, 0.05) is 15.6 Å². The Bertz CT molecular complexity index is 1490. The van der Waals surface area contributed by atoms with E-state index in [9.17, 15) is 22.4 Å². The lowest BCUT2D eigenvalue weighted by Crippen LogP contribution is -2.28. The van der Waals surface area contributed by atoms with Crippen molar-refractivity contribution in [2.45, 2.75) is 18.4 Å². The average Bonchev–Trinajstić information content (AvgIpc) is 3.10. The molecule has 0 aromatic heterocycles. The van der Waals surface area contributed by atoms with Crippen LogP contribution >= 0.6 is 35.0 Å². The average molecular weight is 582 g/mol. The Morgan fingerprint density at radius 3 is 2.43 bits per heavy atom. The predicted octanol–water partition coefficient (Wildman–Crippen LogP) is 6.54. The van der Waals surface area contributed by atoms with Crippen molar-refractivity contribution in [2.24, 2.45) is 0 Å². The highest BCUT2D eigenvalue weighted by Crippen LogP contribution is 2.37. The summed E-state index contributed by atoms with van der Waals surface area (Å²) in [5.41, 5.74) is 0.490. The third-order valence-corrected chi connectivity index (χ3v) is 7.88. The molecule has 1 fully saturated rings. The van der Waals surface area contributed by atoms with Gasteiger partial charge in [-0.05, 0) is 78.9 Å². The molecule has 0 bridgehead atoms. The fraction of sp³-hybridized carbons (Fsp3) is 0.120. The predicted molar refractivity (Wildman–Crippen MR) is 140 cm³/mol. The van der Waals surface area contributed by atoms with Gasteiger partial charge in [0.25, 0.3) is 11.1 Å². The van der Waals surface area contributed by atoms with Crippen molar-refractivity contribution in [3.8, 4) is 11.5 Å². The van der Waals surface area contributed by atoms with E-state index in [1.165, 1.54) is 66.7 Å². The zero-order valence-corrected chi connectivity index (χ0v) is 22.3. The maximum absolute atomic E-state index is 14.2. The number of carbonyl (C=O) groups excluding carboxylic acids is 2. The standard InChI is InChI=1S/C25H18Cl2FNO6S2/c1-2-34-22-12-15(6-11-21(22)35-37(32,33)17-9-7-16(26)8-10-17)13-23-24(30)29(25(31)36-23)14-18-19(27)4-3-5-20(18)28/h3-13H,2,14H2,1H3/b23-13-. The molecule has 12 heteroatoms. The van der Waals surface area contributed by atoms with Gasteiger partial charge in [-0.25, -0.2) is 4.39 Å². The molecule has 1 saturated heterocycles. The Kier molecular flexibility index (Phi) is 8.13. The third kappa shape index (κ3) is 6.10. The smallest absolute Gasteiger partial charge is 0.339 e. The second-order valence-electron chi connectivity index (χ2n) is 7.60. The minimum Gasteiger partial charge on any atom is -0.490 e. The highest BCUT2D eigenvalue weighted by molar-refractivity contribution is 8.18. The van der Waals surface area contributed by atoms with Gasteiger partial charge in [0.15, 0.2) is 11.5 Å². The van der Waals surface area contributed by atoms with E-state index >= 15 is 0 Å². The first-order valence-corrected chi connectivity index (χ1v) is 13.7. The molecule has 0 radical (unpaired) electrons. The highest BCUT2D eigenvalue weighted by Gasteiger charge is 2.36. The van der Waals surface area contributed by atoms with Crippen LogP contribution in [0.2, 0.25) is 10.0 Å². The van der Waals surface area contributed by atoms with Gasteiger partial charge < -0.3 is 8.92 Å². The van der Waals surface area contributed by atoms with Crippen molar-refractivity contribution in [3.05, 3.63) is 92.6 Å². The summed E-state index contributed by atoms with van der Waals surface area (Å²) in [5.74, 6) is -1.18. The van der Waals surface area contributed by atoms with Gasteiger partial charge in [0.05, 0.1) is 18.1 Å². The first kappa shape index (κ1) is 27.0. The van der Waals surface area contributed by atoms with Crippen molar-refractivity contribution in [1.29, 1.82) is 0 Å². The number of nitrogens with zero attached hydrogens (tertiary/aromatic N) is 1. The molecule has 192 valence electrons. The Balaban J connectivity index is 1.58. The van der Waals surface area contributed by atoms with Gasteiger partial charge in [0.2, 0.25) is 0 Å². The van der Waals surface area contributed by atoms with Crippen LogP contribution < -0.4 is 8.92 Å². The van der Waals surface area contributed by atoms with Crippen LogP contribution in [-0.4, -0.2) is 31.1 Å². The van der Waals surface area contributed by atoms with Crippen molar-refractivity contribution < 1.29 is 31.3 Å². The number of carbonyl (C=O) groups is 2. The maximum atomic E-state index is 14.2. The van der Waals surface area contributed by atoms with Gasteiger partial charge in [-0.2, -0.15) is 8.42 Å². The number of thioether (sulfide) groups is 1. The summed E-state index contributed by atoms with van der Waals surface area (Å²) in [6, 6.07) is 14.0. The van der Waals surface area contributed by atoms with E-state index in [4.69, 9.17) is 32.1 Å². The van der Waals surface area contributed by atoms with Crippen LogP contribution in [0, 0.1) is 5.82 Å². The monoisotopic (exact) mass is 581 g/mol. The lowest BCUT2D eigenvalue weighted by atomic mass is 10.1. The molecular weight excluding hydrogens is 564 g/mol. The van der Waals surface area contributed by atoms with Crippen molar-refractivity contribution in [3.63, 3.8) is 0 Å². The molecule has 0 unspecified atom stereocenters. The number of imide groups is 1. The lowest BCUT2D eigenvalue weighted by molar-refractivity contribution is -0.123. The largest absolute Gasteiger partial charge is 0.490 e. The Morgan fingerprint density at radius 1 is 1.03 bits per heavy atom. The topological polar surface area (TPSA) is 90.0 Å². The first-order chi connectivity index (χ1) is 17.6. The van der Waals surface area contributed by atoms with Gasteiger partial charge >= 0.3 is 10.1 Å². The van der Waals surface area contributed by atoms with Crippen LogP contribution in [0.15, 0.2) is 70.5 Å². The molecule has 0 atom stereocenters. The number of benzene rings is 3. The molecule has 3 aromatic rings. The SMILES string of the molecule is CCOc1cc(/C=C2\SC(=O)N(Cc3c(F)cccc3Cl)C2=O)ccc1OS(=O)(=O)c1ccc(Cl)cc1. The van der Waals surface area contributed by atoms with E-state index in [2.05, 4.69) is 0 Å². The fourth-order valence-electron chi connectivity index (χ4n) is 3.35. The molecule has 0 saturated carbocycles. The molecule has 0 aliphatic carbocycles. The number of halogens is 3. The summed E-state index contributed by atoms with van der Waals surface area (Å²) in [6.45, 7) is 1.61. The molecular formula is C25H18Cl2FNO6S2. The lowest BCUT2D eigenvalue weighted by Gasteiger charge is -2.14. The van der Waals surface area contributed by atoms with Gasteiger partial charge in [-0.3, -0.25) is 14.5 Å². The summed E-state index contributed by atoms with van der Waals surface area (Å²) >= 11 is 12.6. The molecule has 1 aliphatic heterocycles. The van der Waals surface area contributed by atoms with E-state index < -0.39 is 27.1 Å². The molecule has 7 nitrogen and oxygen atoms in total. The normalized spacial score (nSPS) is 14.9. The van der Waals surface area contributed by atoms with Crippen LogP contribution in [0.25, 0.3) is 6.08 Å². The number of ether oxygens (including phenoxy) is 1. The van der Waals surface area contributed by atoms with E-state index in [1.54, 1.807) is 6.92 Å². The van der Waals surface area contributed by atoms with E-state index in [0.717, 1.165) is 4.90 Å². The van der Waals surface area contributed by atoms with Gasteiger partial charge in [0.1, 0.15) is 10.7 Å². The summed E-state index contributed by atoms with van der Waals surface area (Å²) < 4.78 is 50.4. The van der Waals surface area contributed by atoms with Crippen molar-refractivity contribution in [2.75, 3.05) is 6.61 Å². The van der Waals surface area contributed by atoms with Crippen LogP contribution in [0.4, 0.5) is 9.18 Å². The zero-order chi connectivity index (χ0) is 26.7. The fourth-order valence-corrected chi connectivity index (χ4v) is 5.48. The Morgan fingerprint density at radius 2 is 1.76 bits per heavy atom. The summed E-state index contributed by atoms with van der Waals surface area (Å²) in [4.78, 5) is 26.3. The van der Waals surface area contributed by atoms with Crippen LogP contribution in [0.5, 0.6) is 11.5 Å². The molecule has 2 amide bonds. The number of rotatable bonds is 8. The molecule has 1 aliphatic rings. The maximum Gasteiger partial charge on any atom is 0.339 e. The number of amides is 2. The number of hydrogen-bond acceptors (Lipinski definition) is 7. The second-order valence-corrected chi connectivity index (χ2v) is 11.0. The van der Waals surface area contributed by atoms with E-state index in [1.807, 2.05) is 0 Å². The second kappa shape index (κ2) is 11.1. The first-order valence-electron chi connectivity index (χ1n) is 10.7. The minimum absolute atomic E-state index is 0.0368. The van der Waals surface area contributed by atoms with Gasteiger partial charge in [-0.1, -0.05) is 35.3 Å². The Labute approximate surface area is 226 Å². The summed E-state index contributed by atoms with van der Waals surface area (Å²) in [6.07, 6.45) is 1.45. The minimum atomic E-state index is -4.17. The third-order valence-electron chi connectivity index (χ3n) is 5.12. The van der Waals surface area contributed by atoms with Crippen molar-refractivity contribution in [1.82, 2.24) is 4.90 Å². The Hall–Kier alpha value is -3.05. The quantitative estimate of drug-likeness (QED) is 0.220. The molecule has 4 rings (SSSR count). The highest BCUT2D eigenvalue weighted by atomic mass is 35.5. The van der Waals surface area contributed by atoms with Gasteiger partial charge in [-0.15, -0.1) is 0 Å². The van der Waals surface area contributed by atoms with Crippen LogP contribution in [0.3, 0.4) is 0 Å². The molecule has 37 heavy (non-hydrogen) atoms.